The van der Waals surface area contributed by atoms with Crippen molar-refractivity contribution in [3.63, 3.8) is 0 Å². The third kappa shape index (κ3) is 5.88. The van der Waals surface area contributed by atoms with Crippen molar-refractivity contribution in [3.8, 4) is 5.75 Å². The highest BCUT2D eigenvalue weighted by Gasteiger charge is 2.19. The maximum atomic E-state index is 12.5. The number of para-hydroxylation sites is 1. The molecule has 0 aliphatic carbocycles. The molecule has 0 fully saturated rings. The van der Waals surface area contributed by atoms with Gasteiger partial charge in [0.05, 0.1) is 5.75 Å². The Balaban J connectivity index is 1.63. The van der Waals surface area contributed by atoms with E-state index in [1.54, 1.807) is 0 Å². The SMILES string of the molecule is CCc1ccc(O[C@H](C)c2nnc(SCC(=O)Nc3ccccc3CC)n2CC)cc1. The van der Waals surface area contributed by atoms with E-state index in [0.717, 1.165) is 35.7 Å². The maximum Gasteiger partial charge on any atom is 0.234 e. The Morgan fingerprint density at radius 1 is 1.06 bits per heavy atom. The van der Waals surface area contributed by atoms with Crippen LogP contribution in [-0.4, -0.2) is 26.4 Å². The summed E-state index contributed by atoms with van der Waals surface area (Å²) < 4.78 is 8.08. The first-order chi connectivity index (χ1) is 15.0. The van der Waals surface area contributed by atoms with Gasteiger partial charge in [-0.05, 0) is 56.0 Å². The van der Waals surface area contributed by atoms with E-state index in [2.05, 4.69) is 41.5 Å². The van der Waals surface area contributed by atoms with Crippen LogP contribution in [0.3, 0.4) is 0 Å². The molecule has 0 radical (unpaired) electrons. The van der Waals surface area contributed by atoms with Crippen molar-refractivity contribution in [1.82, 2.24) is 14.8 Å². The highest BCUT2D eigenvalue weighted by molar-refractivity contribution is 7.99. The minimum atomic E-state index is -0.250. The van der Waals surface area contributed by atoms with Gasteiger partial charge >= 0.3 is 0 Å². The minimum absolute atomic E-state index is 0.0570. The molecule has 1 amide bonds. The summed E-state index contributed by atoms with van der Waals surface area (Å²) in [5.74, 6) is 1.77. The van der Waals surface area contributed by atoms with Crippen molar-refractivity contribution in [3.05, 3.63) is 65.5 Å². The second kappa shape index (κ2) is 11.0. The standard InChI is InChI=1S/C24H30N4O2S/c1-5-18-12-14-20(15-13-18)30-17(4)23-26-27-24(28(23)7-3)31-16-22(29)25-21-11-9-8-10-19(21)6-2/h8-15,17H,5-7,16H2,1-4H3,(H,25,29)/t17-/m1/s1. The molecule has 0 saturated heterocycles. The lowest BCUT2D eigenvalue weighted by atomic mass is 10.1. The molecule has 0 spiro atoms. The van der Waals surface area contributed by atoms with Gasteiger partial charge in [0.1, 0.15) is 5.75 Å². The van der Waals surface area contributed by atoms with Gasteiger partial charge in [0.2, 0.25) is 5.91 Å². The normalized spacial score (nSPS) is 11.9. The van der Waals surface area contributed by atoms with Gasteiger partial charge in [-0.25, -0.2) is 0 Å². The summed E-state index contributed by atoms with van der Waals surface area (Å²) >= 11 is 1.38. The van der Waals surface area contributed by atoms with E-state index < -0.39 is 0 Å². The van der Waals surface area contributed by atoms with Crippen LogP contribution in [0.15, 0.2) is 53.7 Å². The minimum Gasteiger partial charge on any atom is -0.483 e. The predicted octanol–water partition coefficient (Wildman–Crippen LogP) is 5.29. The second-order valence-corrected chi connectivity index (χ2v) is 8.13. The highest BCUT2D eigenvalue weighted by atomic mass is 32.2. The molecule has 3 rings (SSSR count). The van der Waals surface area contributed by atoms with Gasteiger partial charge in [0.15, 0.2) is 17.1 Å². The summed E-state index contributed by atoms with van der Waals surface area (Å²) in [5, 5.41) is 12.4. The van der Waals surface area contributed by atoms with E-state index in [-0.39, 0.29) is 17.8 Å². The summed E-state index contributed by atoms with van der Waals surface area (Å²) in [6.45, 7) is 8.91. The number of nitrogens with zero attached hydrogens (tertiary/aromatic N) is 3. The van der Waals surface area contributed by atoms with E-state index in [0.29, 0.717) is 11.7 Å². The van der Waals surface area contributed by atoms with Crippen molar-refractivity contribution in [2.24, 2.45) is 0 Å². The zero-order valence-corrected chi connectivity index (χ0v) is 19.4. The number of amides is 1. The third-order valence-electron chi connectivity index (χ3n) is 5.07. The summed E-state index contributed by atoms with van der Waals surface area (Å²) in [5.41, 5.74) is 3.26. The smallest absolute Gasteiger partial charge is 0.234 e. The van der Waals surface area contributed by atoms with Crippen LogP contribution in [-0.2, 0) is 24.2 Å². The van der Waals surface area contributed by atoms with Crippen molar-refractivity contribution >= 4 is 23.4 Å². The topological polar surface area (TPSA) is 69.0 Å². The number of hydrogen-bond donors (Lipinski definition) is 1. The molecule has 6 nitrogen and oxygen atoms in total. The number of rotatable bonds is 10. The molecule has 0 bridgehead atoms. The van der Waals surface area contributed by atoms with Crippen LogP contribution in [0, 0.1) is 0 Å². The molecule has 0 aliphatic rings. The number of ether oxygens (including phenoxy) is 1. The number of thioether (sulfide) groups is 1. The molecule has 7 heteroatoms. The van der Waals surface area contributed by atoms with Gasteiger partial charge < -0.3 is 14.6 Å². The molecule has 0 aliphatic heterocycles. The maximum absolute atomic E-state index is 12.5. The molecule has 2 aromatic carbocycles. The van der Waals surface area contributed by atoms with Crippen molar-refractivity contribution in [2.75, 3.05) is 11.1 Å². The molecular weight excluding hydrogens is 408 g/mol. The summed E-state index contributed by atoms with van der Waals surface area (Å²) in [7, 11) is 0. The molecule has 0 saturated carbocycles. The number of hydrogen-bond acceptors (Lipinski definition) is 5. The second-order valence-electron chi connectivity index (χ2n) is 7.19. The highest BCUT2D eigenvalue weighted by Crippen LogP contribution is 2.25. The fraction of sp³-hybridized carbons (Fsp3) is 0.375. The van der Waals surface area contributed by atoms with Crippen LogP contribution in [0.4, 0.5) is 5.69 Å². The first kappa shape index (κ1) is 22.9. The molecular formula is C24H30N4O2S. The van der Waals surface area contributed by atoms with Crippen molar-refractivity contribution in [1.29, 1.82) is 0 Å². The van der Waals surface area contributed by atoms with Gasteiger partial charge in [-0.1, -0.05) is 55.9 Å². The lowest BCUT2D eigenvalue weighted by Gasteiger charge is -2.16. The number of anilines is 1. The van der Waals surface area contributed by atoms with E-state index in [4.69, 9.17) is 4.74 Å². The van der Waals surface area contributed by atoms with Gasteiger partial charge in [-0.3, -0.25) is 4.79 Å². The quantitative estimate of drug-likeness (QED) is 0.435. The Bertz CT molecular complexity index is 1000. The molecule has 31 heavy (non-hydrogen) atoms. The Labute approximate surface area is 188 Å². The van der Waals surface area contributed by atoms with Crippen LogP contribution in [0.25, 0.3) is 0 Å². The fourth-order valence-corrected chi connectivity index (χ4v) is 4.14. The van der Waals surface area contributed by atoms with Crippen LogP contribution < -0.4 is 10.1 Å². The molecule has 1 aromatic heterocycles. The van der Waals surface area contributed by atoms with E-state index in [9.17, 15) is 4.79 Å². The van der Waals surface area contributed by atoms with Gasteiger partial charge in [0, 0.05) is 12.2 Å². The van der Waals surface area contributed by atoms with Crippen LogP contribution in [0.1, 0.15) is 50.8 Å². The fourth-order valence-electron chi connectivity index (χ4n) is 3.33. The average molecular weight is 439 g/mol. The lowest BCUT2D eigenvalue weighted by molar-refractivity contribution is -0.113. The number of carbonyl (C=O) groups is 1. The molecule has 164 valence electrons. The Morgan fingerprint density at radius 2 is 1.81 bits per heavy atom. The van der Waals surface area contributed by atoms with Crippen molar-refractivity contribution in [2.45, 2.75) is 58.3 Å². The zero-order chi connectivity index (χ0) is 22.2. The first-order valence-corrected chi connectivity index (χ1v) is 11.7. The summed E-state index contributed by atoms with van der Waals surface area (Å²) in [6, 6.07) is 16.0. The molecule has 1 atom stereocenters. The largest absolute Gasteiger partial charge is 0.483 e. The van der Waals surface area contributed by atoms with E-state index >= 15 is 0 Å². The average Bonchev–Trinajstić information content (AvgIpc) is 3.21. The van der Waals surface area contributed by atoms with Gasteiger partial charge in [-0.2, -0.15) is 0 Å². The number of benzene rings is 2. The number of nitrogens with one attached hydrogen (secondary N) is 1. The lowest BCUT2D eigenvalue weighted by Crippen LogP contribution is -2.16. The molecule has 1 N–H and O–H groups in total. The number of aryl methyl sites for hydroxylation is 2. The number of aromatic nitrogens is 3. The van der Waals surface area contributed by atoms with E-state index in [1.807, 2.05) is 54.8 Å². The number of carbonyl (C=O) groups excluding carboxylic acids is 1. The van der Waals surface area contributed by atoms with Crippen molar-refractivity contribution < 1.29 is 9.53 Å². The summed E-state index contributed by atoms with van der Waals surface area (Å²) in [6.07, 6.45) is 1.62. The van der Waals surface area contributed by atoms with Gasteiger partial charge in [-0.15, -0.1) is 10.2 Å². The Kier molecular flexibility index (Phi) is 8.12. The van der Waals surface area contributed by atoms with E-state index in [1.165, 1.54) is 17.3 Å². The molecule has 0 unspecified atom stereocenters. The van der Waals surface area contributed by atoms with Crippen LogP contribution >= 0.6 is 11.8 Å². The first-order valence-electron chi connectivity index (χ1n) is 10.7. The summed E-state index contributed by atoms with van der Waals surface area (Å²) in [4.78, 5) is 12.5. The zero-order valence-electron chi connectivity index (χ0n) is 18.6. The van der Waals surface area contributed by atoms with Gasteiger partial charge in [0.25, 0.3) is 0 Å². The monoisotopic (exact) mass is 438 g/mol. The Hall–Kier alpha value is -2.80. The molecule has 1 heterocycles. The van der Waals surface area contributed by atoms with Crippen LogP contribution in [0.5, 0.6) is 5.75 Å². The predicted molar refractivity (Wildman–Crippen MR) is 126 cm³/mol. The van der Waals surface area contributed by atoms with Crippen LogP contribution in [0.2, 0.25) is 0 Å². The molecule has 3 aromatic rings. The third-order valence-corrected chi connectivity index (χ3v) is 6.04. The Morgan fingerprint density at radius 3 is 2.48 bits per heavy atom.